The molecule has 0 spiro atoms. The van der Waals surface area contributed by atoms with Gasteiger partial charge in [-0.3, -0.25) is 4.90 Å². The first-order chi connectivity index (χ1) is 12.1. The standard InChI is InChI=1S/C16H24N6O3/c1-11-18-13(8-15(19-11)17-4-6-23-3)14-9-22(5-7-24-14)10-16-20-12(2)25-21-16/h8,14H,4-7,9-10H2,1-3H3,(H,17,18,19)/t14-/m0/s1. The van der Waals surface area contributed by atoms with Crippen LogP contribution in [0.2, 0.25) is 0 Å². The highest BCUT2D eigenvalue weighted by atomic mass is 16.5. The number of nitrogens with one attached hydrogen (secondary N) is 1. The van der Waals surface area contributed by atoms with Crippen molar-refractivity contribution < 1.29 is 14.0 Å². The molecule has 9 heteroatoms. The van der Waals surface area contributed by atoms with Crippen molar-refractivity contribution in [1.29, 1.82) is 0 Å². The molecule has 0 unspecified atom stereocenters. The minimum absolute atomic E-state index is 0.105. The van der Waals surface area contributed by atoms with Crippen LogP contribution >= 0.6 is 0 Å². The predicted octanol–water partition coefficient (Wildman–Crippen LogP) is 1.11. The molecule has 1 aliphatic rings. The van der Waals surface area contributed by atoms with Crippen molar-refractivity contribution in [3.63, 3.8) is 0 Å². The second kappa shape index (κ2) is 8.32. The number of ether oxygens (including phenoxy) is 2. The Morgan fingerprint density at radius 1 is 1.32 bits per heavy atom. The summed E-state index contributed by atoms with van der Waals surface area (Å²) >= 11 is 0. The average Bonchev–Trinajstić information content (AvgIpc) is 3.00. The van der Waals surface area contributed by atoms with Crippen molar-refractivity contribution in [2.24, 2.45) is 0 Å². The van der Waals surface area contributed by atoms with Gasteiger partial charge in [0, 0.05) is 39.7 Å². The topological polar surface area (TPSA) is 98.4 Å². The second-order valence-electron chi connectivity index (χ2n) is 5.97. The SMILES string of the molecule is COCCNc1cc([C@@H]2CN(Cc3noc(C)n3)CCO2)nc(C)n1. The fourth-order valence-electron chi connectivity index (χ4n) is 2.76. The molecular weight excluding hydrogens is 324 g/mol. The molecule has 0 bridgehead atoms. The molecule has 1 fully saturated rings. The third kappa shape index (κ3) is 4.94. The first kappa shape index (κ1) is 17.7. The van der Waals surface area contributed by atoms with Gasteiger partial charge in [0.2, 0.25) is 5.89 Å². The molecule has 9 nitrogen and oxygen atoms in total. The van der Waals surface area contributed by atoms with Gasteiger partial charge in [-0.15, -0.1) is 0 Å². The van der Waals surface area contributed by atoms with Crippen LogP contribution in [0.25, 0.3) is 0 Å². The molecule has 1 N–H and O–H groups in total. The zero-order valence-electron chi connectivity index (χ0n) is 14.9. The lowest BCUT2D eigenvalue weighted by molar-refractivity contribution is -0.0359. The number of hydrogen-bond acceptors (Lipinski definition) is 9. The first-order valence-corrected chi connectivity index (χ1v) is 8.35. The van der Waals surface area contributed by atoms with E-state index in [2.05, 4.69) is 30.3 Å². The Hall–Kier alpha value is -2.10. The largest absolute Gasteiger partial charge is 0.383 e. The number of methoxy groups -OCH3 is 1. The van der Waals surface area contributed by atoms with Crippen LogP contribution in [0, 0.1) is 13.8 Å². The van der Waals surface area contributed by atoms with E-state index < -0.39 is 0 Å². The van der Waals surface area contributed by atoms with Crippen LogP contribution < -0.4 is 5.32 Å². The van der Waals surface area contributed by atoms with E-state index in [0.29, 0.717) is 43.8 Å². The Morgan fingerprint density at radius 3 is 2.96 bits per heavy atom. The average molecular weight is 348 g/mol. The lowest BCUT2D eigenvalue weighted by Gasteiger charge is -2.31. The van der Waals surface area contributed by atoms with E-state index in [9.17, 15) is 0 Å². The Bertz CT molecular complexity index is 692. The summed E-state index contributed by atoms with van der Waals surface area (Å²) in [6, 6.07) is 1.94. The smallest absolute Gasteiger partial charge is 0.223 e. The maximum absolute atomic E-state index is 5.92. The summed E-state index contributed by atoms with van der Waals surface area (Å²) in [5.74, 6) is 2.78. The molecule has 3 heterocycles. The summed E-state index contributed by atoms with van der Waals surface area (Å²) in [6.07, 6.45) is -0.105. The van der Waals surface area contributed by atoms with E-state index in [0.717, 1.165) is 24.6 Å². The van der Waals surface area contributed by atoms with Gasteiger partial charge in [0.15, 0.2) is 5.82 Å². The van der Waals surface area contributed by atoms with Crippen LogP contribution in [0.4, 0.5) is 5.82 Å². The maximum atomic E-state index is 5.92. The zero-order chi connectivity index (χ0) is 17.6. The van der Waals surface area contributed by atoms with Crippen LogP contribution in [0.3, 0.4) is 0 Å². The van der Waals surface area contributed by atoms with Crippen molar-refractivity contribution in [2.45, 2.75) is 26.5 Å². The van der Waals surface area contributed by atoms with E-state index in [-0.39, 0.29) is 6.10 Å². The van der Waals surface area contributed by atoms with E-state index >= 15 is 0 Å². The molecule has 2 aromatic rings. The monoisotopic (exact) mass is 348 g/mol. The summed E-state index contributed by atoms with van der Waals surface area (Å²) in [5.41, 5.74) is 0.876. The quantitative estimate of drug-likeness (QED) is 0.738. The molecule has 25 heavy (non-hydrogen) atoms. The number of rotatable bonds is 7. The summed E-state index contributed by atoms with van der Waals surface area (Å²) in [6.45, 7) is 7.82. The highest BCUT2D eigenvalue weighted by Crippen LogP contribution is 2.23. The van der Waals surface area contributed by atoms with Gasteiger partial charge in [0.05, 0.1) is 25.5 Å². The minimum Gasteiger partial charge on any atom is -0.383 e. The number of aromatic nitrogens is 4. The summed E-state index contributed by atoms with van der Waals surface area (Å²) in [4.78, 5) is 15.5. The molecule has 1 saturated heterocycles. The van der Waals surface area contributed by atoms with Crippen LogP contribution in [0.1, 0.15) is 29.3 Å². The normalized spacial score (nSPS) is 18.4. The third-order valence-electron chi connectivity index (χ3n) is 3.89. The fraction of sp³-hybridized carbons (Fsp3) is 0.625. The van der Waals surface area contributed by atoms with E-state index in [1.54, 1.807) is 14.0 Å². The van der Waals surface area contributed by atoms with Crippen molar-refractivity contribution >= 4 is 5.82 Å². The highest BCUT2D eigenvalue weighted by Gasteiger charge is 2.25. The van der Waals surface area contributed by atoms with E-state index in [1.165, 1.54) is 0 Å². The molecular formula is C16H24N6O3. The number of morpholine rings is 1. The molecule has 0 amide bonds. The van der Waals surface area contributed by atoms with E-state index in [1.807, 2.05) is 13.0 Å². The van der Waals surface area contributed by atoms with Gasteiger partial charge < -0.3 is 19.3 Å². The van der Waals surface area contributed by atoms with Crippen LogP contribution in [-0.2, 0) is 16.0 Å². The molecule has 0 saturated carbocycles. The molecule has 0 aromatic carbocycles. The Balaban J connectivity index is 1.65. The van der Waals surface area contributed by atoms with Crippen molar-refractivity contribution in [1.82, 2.24) is 25.0 Å². The van der Waals surface area contributed by atoms with Crippen molar-refractivity contribution in [3.05, 3.63) is 29.3 Å². The Morgan fingerprint density at radius 2 is 2.20 bits per heavy atom. The molecule has 0 aliphatic carbocycles. The number of hydrogen-bond donors (Lipinski definition) is 1. The maximum Gasteiger partial charge on any atom is 0.223 e. The molecule has 2 aromatic heterocycles. The van der Waals surface area contributed by atoms with Crippen molar-refractivity contribution in [2.75, 3.05) is 45.3 Å². The third-order valence-corrected chi connectivity index (χ3v) is 3.89. The first-order valence-electron chi connectivity index (χ1n) is 8.35. The second-order valence-corrected chi connectivity index (χ2v) is 5.97. The fourth-order valence-corrected chi connectivity index (χ4v) is 2.76. The van der Waals surface area contributed by atoms with E-state index in [4.69, 9.17) is 14.0 Å². The van der Waals surface area contributed by atoms with Gasteiger partial charge in [0.1, 0.15) is 17.7 Å². The molecule has 136 valence electrons. The van der Waals surface area contributed by atoms with Crippen molar-refractivity contribution in [3.8, 4) is 0 Å². The number of nitrogens with zero attached hydrogens (tertiary/aromatic N) is 5. The summed E-state index contributed by atoms with van der Waals surface area (Å²) in [5, 5.41) is 7.20. The van der Waals surface area contributed by atoms with Gasteiger partial charge in [0.25, 0.3) is 0 Å². The van der Waals surface area contributed by atoms with Gasteiger partial charge in [-0.1, -0.05) is 5.16 Å². The Labute approximate surface area is 146 Å². The molecule has 3 rings (SSSR count). The van der Waals surface area contributed by atoms with Gasteiger partial charge in [-0.25, -0.2) is 9.97 Å². The molecule has 0 radical (unpaired) electrons. The highest BCUT2D eigenvalue weighted by molar-refractivity contribution is 5.36. The summed E-state index contributed by atoms with van der Waals surface area (Å²) in [7, 11) is 1.67. The number of anilines is 1. The molecule has 1 aliphatic heterocycles. The van der Waals surface area contributed by atoms with Gasteiger partial charge in [-0.2, -0.15) is 4.98 Å². The lowest BCUT2D eigenvalue weighted by atomic mass is 10.2. The predicted molar refractivity (Wildman–Crippen MR) is 90.1 cm³/mol. The number of aryl methyl sites for hydroxylation is 2. The molecule has 1 atom stereocenters. The van der Waals surface area contributed by atoms with Gasteiger partial charge >= 0.3 is 0 Å². The lowest BCUT2D eigenvalue weighted by Crippen LogP contribution is -2.38. The van der Waals surface area contributed by atoms with Crippen LogP contribution in [0.15, 0.2) is 10.6 Å². The zero-order valence-corrected chi connectivity index (χ0v) is 14.9. The minimum atomic E-state index is -0.105. The van der Waals surface area contributed by atoms with Crippen LogP contribution in [0.5, 0.6) is 0 Å². The Kier molecular flexibility index (Phi) is 5.90. The summed E-state index contributed by atoms with van der Waals surface area (Å²) < 4.78 is 16.0. The van der Waals surface area contributed by atoms with Crippen LogP contribution in [-0.4, -0.2) is 65.0 Å². The van der Waals surface area contributed by atoms with Gasteiger partial charge in [-0.05, 0) is 6.92 Å².